The quantitative estimate of drug-likeness (QED) is 0.432. The fourth-order valence-electron chi connectivity index (χ4n) is 4.65. The number of carbonyl (C=O) groups is 1. The highest BCUT2D eigenvalue weighted by molar-refractivity contribution is 6.30. The summed E-state index contributed by atoms with van der Waals surface area (Å²) in [7, 11) is 0. The molecule has 0 unspecified atom stereocenters. The number of hydrogen-bond acceptors (Lipinski definition) is 7. The lowest BCUT2D eigenvalue weighted by molar-refractivity contribution is 0.0988. The van der Waals surface area contributed by atoms with Gasteiger partial charge in [0.1, 0.15) is 17.0 Å². The molecule has 34 heavy (non-hydrogen) atoms. The summed E-state index contributed by atoms with van der Waals surface area (Å²) in [5, 5.41) is 0.463. The Hall–Kier alpha value is -3.52. The van der Waals surface area contributed by atoms with Gasteiger partial charge in [-0.15, -0.1) is 0 Å². The van der Waals surface area contributed by atoms with Crippen LogP contribution in [0, 0.1) is 5.95 Å². The number of hydrogen-bond donors (Lipinski definition) is 1. The first-order valence-corrected chi connectivity index (χ1v) is 11.5. The van der Waals surface area contributed by atoms with Gasteiger partial charge in [-0.2, -0.15) is 4.39 Å². The number of aliphatic imine (C=N–C) groups is 1. The van der Waals surface area contributed by atoms with Crippen LogP contribution in [0.4, 0.5) is 4.39 Å². The van der Waals surface area contributed by atoms with Gasteiger partial charge in [0.25, 0.3) is 12.0 Å². The molecular formula is C25H20ClFN4O3. The fraction of sp³-hybridized carbons (Fsp3) is 0.280. The van der Waals surface area contributed by atoms with Crippen LogP contribution in [0.5, 0.6) is 11.5 Å². The van der Waals surface area contributed by atoms with Crippen molar-refractivity contribution in [1.29, 1.82) is 0 Å². The van der Waals surface area contributed by atoms with E-state index >= 15 is 4.39 Å². The predicted octanol–water partition coefficient (Wildman–Crippen LogP) is 4.66. The molecule has 2 N–H and O–H groups in total. The van der Waals surface area contributed by atoms with Crippen molar-refractivity contribution in [2.75, 3.05) is 6.61 Å². The topological polar surface area (TPSA) is 99.7 Å². The zero-order chi connectivity index (χ0) is 23.4. The van der Waals surface area contributed by atoms with Crippen molar-refractivity contribution in [2.45, 2.75) is 37.1 Å². The van der Waals surface area contributed by atoms with Crippen molar-refractivity contribution in [2.24, 2.45) is 10.7 Å². The fourth-order valence-corrected chi connectivity index (χ4v) is 4.77. The molecule has 3 aliphatic rings. The van der Waals surface area contributed by atoms with Gasteiger partial charge < -0.3 is 15.2 Å². The van der Waals surface area contributed by atoms with Crippen LogP contribution in [0.15, 0.2) is 47.6 Å². The molecule has 6 rings (SSSR count). The van der Waals surface area contributed by atoms with Crippen LogP contribution < -0.4 is 10.5 Å². The molecule has 0 amide bonds. The molecule has 7 nitrogen and oxygen atoms in total. The maximum absolute atomic E-state index is 15.1. The van der Waals surface area contributed by atoms with Crippen LogP contribution in [-0.2, 0) is 16.7 Å². The minimum Gasteiger partial charge on any atom is -0.465 e. The standard InChI is InChI=1S/C25H20ClFN4O3/c26-15-4-5-18(29-12-15)20(32)10-13-1-6-21-16(9-13)25(7-8-33-24(28)31-25)17-11-19(14-2-3-14)30-23(27)22(17)34-21/h1,4-6,9,11-12,14H,2-3,7-8,10H2,(H2,28,31)/t25-/m0/s1. The van der Waals surface area contributed by atoms with Crippen LogP contribution in [0.2, 0.25) is 5.02 Å². The molecule has 2 aromatic heterocycles. The molecule has 1 aliphatic carbocycles. The van der Waals surface area contributed by atoms with E-state index in [0.29, 0.717) is 46.3 Å². The van der Waals surface area contributed by atoms with Gasteiger partial charge in [0.05, 0.1) is 11.6 Å². The summed E-state index contributed by atoms with van der Waals surface area (Å²) in [5.74, 6) is -0.0479. The minimum absolute atomic E-state index is 0.0297. The second kappa shape index (κ2) is 7.77. The minimum atomic E-state index is -0.990. The second-order valence-corrected chi connectivity index (χ2v) is 9.23. The van der Waals surface area contributed by atoms with Crippen LogP contribution in [0.3, 0.4) is 0 Å². The van der Waals surface area contributed by atoms with E-state index in [2.05, 4.69) is 9.97 Å². The first-order valence-electron chi connectivity index (χ1n) is 11.1. The number of fused-ring (bicyclic) bond motifs is 4. The zero-order valence-corrected chi connectivity index (χ0v) is 18.8. The number of nitrogens with zero attached hydrogens (tertiary/aromatic N) is 3. The number of amidine groups is 1. The summed E-state index contributed by atoms with van der Waals surface area (Å²) in [6.07, 6.45) is 3.98. The summed E-state index contributed by atoms with van der Waals surface area (Å²) in [6.45, 7) is 0.314. The molecule has 1 fully saturated rings. The molecule has 4 heterocycles. The molecule has 1 atom stereocenters. The van der Waals surface area contributed by atoms with Crippen LogP contribution in [-0.4, -0.2) is 28.4 Å². The van der Waals surface area contributed by atoms with Crippen molar-refractivity contribution < 1.29 is 18.7 Å². The lowest BCUT2D eigenvalue weighted by atomic mass is 9.77. The third-order valence-corrected chi connectivity index (χ3v) is 6.71. The summed E-state index contributed by atoms with van der Waals surface area (Å²) >= 11 is 5.89. The maximum atomic E-state index is 15.1. The van der Waals surface area contributed by atoms with E-state index in [9.17, 15) is 4.79 Å². The van der Waals surface area contributed by atoms with Gasteiger partial charge in [-0.3, -0.25) is 9.78 Å². The van der Waals surface area contributed by atoms with Crippen molar-refractivity contribution >= 4 is 23.4 Å². The van der Waals surface area contributed by atoms with Gasteiger partial charge in [0.15, 0.2) is 11.5 Å². The molecule has 0 bridgehead atoms. The Morgan fingerprint density at radius 1 is 1.21 bits per heavy atom. The number of aromatic nitrogens is 2. The number of Topliss-reactive ketones (excluding diaryl/α,β-unsaturated/α-hetero) is 1. The van der Waals surface area contributed by atoms with Crippen molar-refractivity contribution in [3.05, 3.63) is 81.6 Å². The monoisotopic (exact) mass is 478 g/mol. The Morgan fingerprint density at radius 2 is 2.06 bits per heavy atom. The summed E-state index contributed by atoms with van der Waals surface area (Å²) < 4.78 is 26.5. The molecule has 3 aromatic rings. The summed E-state index contributed by atoms with van der Waals surface area (Å²) in [6, 6.07) is 10.5. The highest BCUT2D eigenvalue weighted by atomic mass is 35.5. The molecule has 0 radical (unpaired) electrons. The Kier molecular flexibility index (Phi) is 4.81. The molecule has 1 aromatic carbocycles. The third-order valence-electron chi connectivity index (χ3n) is 6.49. The normalized spacial score (nSPS) is 20.6. The van der Waals surface area contributed by atoms with E-state index in [-0.39, 0.29) is 29.9 Å². The van der Waals surface area contributed by atoms with E-state index in [0.717, 1.165) is 18.4 Å². The highest BCUT2D eigenvalue weighted by Gasteiger charge is 2.47. The second-order valence-electron chi connectivity index (χ2n) is 8.79. The van der Waals surface area contributed by atoms with Gasteiger partial charge in [-0.05, 0) is 48.7 Å². The van der Waals surface area contributed by atoms with Gasteiger partial charge in [-0.25, -0.2) is 9.98 Å². The molecule has 172 valence electrons. The third kappa shape index (κ3) is 3.49. The number of ether oxygens (including phenoxy) is 2. The Labute approximate surface area is 199 Å². The van der Waals surface area contributed by atoms with Gasteiger partial charge in [-0.1, -0.05) is 17.7 Å². The van der Waals surface area contributed by atoms with Crippen LogP contribution >= 0.6 is 11.6 Å². The van der Waals surface area contributed by atoms with Crippen LogP contribution in [0.1, 0.15) is 58.1 Å². The summed E-state index contributed by atoms with van der Waals surface area (Å²) in [5.41, 5.74) is 8.11. The zero-order valence-electron chi connectivity index (χ0n) is 18.1. The number of benzene rings is 1. The van der Waals surface area contributed by atoms with E-state index < -0.39 is 11.5 Å². The number of rotatable bonds is 4. The van der Waals surface area contributed by atoms with Crippen molar-refractivity contribution in [3.8, 4) is 11.5 Å². The van der Waals surface area contributed by atoms with Crippen LogP contribution in [0.25, 0.3) is 0 Å². The van der Waals surface area contributed by atoms with E-state index in [1.165, 1.54) is 6.20 Å². The van der Waals surface area contributed by atoms with E-state index in [1.807, 2.05) is 12.1 Å². The first-order chi connectivity index (χ1) is 16.4. The van der Waals surface area contributed by atoms with Crippen molar-refractivity contribution in [1.82, 2.24) is 9.97 Å². The highest BCUT2D eigenvalue weighted by Crippen LogP contribution is 2.54. The largest absolute Gasteiger partial charge is 0.465 e. The average molecular weight is 479 g/mol. The molecule has 2 aliphatic heterocycles. The first kappa shape index (κ1) is 21.0. The number of halogens is 2. The van der Waals surface area contributed by atoms with Gasteiger partial charge >= 0.3 is 0 Å². The van der Waals surface area contributed by atoms with Gasteiger partial charge in [0.2, 0.25) is 0 Å². The molecule has 9 heteroatoms. The molecule has 1 spiro atoms. The number of ketones is 1. The van der Waals surface area contributed by atoms with Crippen molar-refractivity contribution in [3.63, 3.8) is 0 Å². The van der Waals surface area contributed by atoms with E-state index in [4.69, 9.17) is 31.8 Å². The lowest BCUT2D eigenvalue weighted by Gasteiger charge is -2.39. The average Bonchev–Trinajstić information content (AvgIpc) is 3.66. The number of nitrogens with two attached hydrogens (primary N) is 1. The SMILES string of the molecule is NC1=N[C@@]2(CCO1)c1cc(CC(=O)c3ccc(Cl)cn3)ccc1Oc1c2cc(C2CC2)nc1F. The molecular weight excluding hydrogens is 459 g/mol. The summed E-state index contributed by atoms with van der Waals surface area (Å²) in [4.78, 5) is 25.8. The van der Waals surface area contributed by atoms with Gasteiger partial charge in [0, 0.05) is 41.8 Å². The molecule has 1 saturated carbocycles. The Morgan fingerprint density at radius 3 is 2.79 bits per heavy atom. The van der Waals surface area contributed by atoms with E-state index in [1.54, 1.807) is 24.3 Å². The predicted molar refractivity (Wildman–Crippen MR) is 123 cm³/mol. The smallest absolute Gasteiger partial charge is 0.283 e. The Balaban J connectivity index is 1.45. The lowest BCUT2D eigenvalue weighted by Crippen LogP contribution is -2.39. The Bertz CT molecular complexity index is 1360. The number of carbonyl (C=O) groups excluding carboxylic acids is 1. The number of pyridine rings is 2. The molecule has 0 saturated heterocycles. The maximum Gasteiger partial charge on any atom is 0.283 e.